The van der Waals surface area contributed by atoms with Gasteiger partial charge in [-0.3, -0.25) is 14.3 Å². The molecule has 1 atom stereocenters. The lowest BCUT2D eigenvalue weighted by Crippen LogP contribution is -2.39. The fraction of sp³-hybridized carbons (Fsp3) is 0.400. The van der Waals surface area contributed by atoms with Crippen LogP contribution in [-0.2, 0) is 13.0 Å². The smallest absolute Gasteiger partial charge is 0.331 e. The van der Waals surface area contributed by atoms with Crippen molar-refractivity contribution in [1.82, 2.24) is 19.9 Å². The van der Waals surface area contributed by atoms with E-state index in [-0.39, 0.29) is 11.4 Å². The third kappa shape index (κ3) is 2.90. The molecule has 3 aromatic rings. The third-order valence-electron chi connectivity index (χ3n) is 5.39. The van der Waals surface area contributed by atoms with Crippen molar-refractivity contribution in [3.05, 3.63) is 55.9 Å². The molecule has 0 amide bonds. The van der Waals surface area contributed by atoms with Gasteiger partial charge >= 0.3 is 5.69 Å². The van der Waals surface area contributed by atoms with Gasteiger partial charge in [-0.1, -0.05) is 13.3 Å². The number of aromatic amines is 2. The summed E-state index contributed by atoms with van der Waals surface area (Å²) in [4.78, 5) is 30.5. The largest absolute Gasteiger partial charge is 0.497 e. The topological polar surface area (TPSA) is 112 Å². The SMILES string of the molecule is CCCCn1c(O)c([C@H]2NCCc3c2[nH]c2ccc(OC)cc32)c(=O)[nH]c1=O. The summed E-state index contributed by atoms with van der Waals surface area (Å²) >= 11 is 0. The van der Waals surface area contributed by atoms with Gasteiger partial charge in [0.25, 0.3) is 5.56 Å². The van der Waals surface area contributed by atoms with E-state index in [0.717, 1.165) is 47.2 Å². The fourth-order valence-electron chi connectivity index (χ4n) is 3.94. The maximum atomic E-state index is 12.6. The molecule has 0 saturated heterocycles. The predicted molar refractivity (Wildman–Crippen MR) is 106 cm³/mol. The molecule has 148 valence electrons. The Morgan fingerprint density at radius 3 is 2.86 bits per heavy atom. The summed E-state index contributed by atoms with van der Waals surface area (Å²) in [6, 6.07) is 5.26. The molecular weight excluding hydrogens is 360 g/mol. The van der Waals surface area contributed by atoms with E-state index in [1.807, 2.05) is 25.1 Å². The number of fused-ring (bicyclic) bond motifs is 3. The molecule has 0 aliphatic carbocycles. The van der Waals surface area contributed by atoms with Gasteiger partial charge in [-0.2, -0.15) is 0 Å². The zero-order valence-corrected chi connectivity index (χ0v) is 16.0. The van der Waals surface area contributed by atoms with Gasteiger partial charge in [0.05, 0.1) is 13.2 Å². The van der Waals surface area contributed by atoms with Gasteiger partial charge in [-0.15, -0.1) is 0 Å². The summed E-state index contributed by atoms with van der Waals surface area (Å²) < 4.78 is 6.57. The summed E-state index contributed by atoms with van der Waals surface area (Å²) in [6.45, 7) is 3.01. The minimum absolute atomic E-state index is 0.162. The van der Waals surface area contributed by atoms with Crippen LogP contribution in [0.5, 0.6) is 11.6 Å². The fourth-order valence-corrected chi connectivity index (χ4v) is 3.94. The number of hydrogen-bond donors (Lipinski definition) is 4. The van der Waals surface area contributed by atoms with Crippen LogP contribution >= 0.6 is 0 Å². The molecule has 1 aliphatic heterocycles. The lowest BCUT2D eigenvalue weighted by atomic mass is 9.95. The lowest BCUT2D eigenvalue weighted by Gasteiger charge is -2.25. The highest BCUT2D eigenvalue weighted by Crippen LogP contribution is 2.36. The number of benzene rings is 1. The van der Waals surface area contributed by atoms with Crippen LogP contribution in [0.4, 0.5) is 0 Å². The van der Waals surface area contributed by atoms with E-state index in [9.17, 15) is 14.7 Å². The van der Waals surface area contributed by atoms with Crippen LogP contribution in [0.3, 0.4) is 0 Å². The van der Waals surface area contributed by atoms with Gasteiger partial charge in [0.1, 0.15) is 11.3 Å². The average Bonchev–Trinajstić information content (AvgIpc) is 3.06. The molecule has 0 spiro atoms. The Bertz CT molecular complexity index is 1140. The Morgan fingerprint density at radius 2 is 2.11 bits per heavy atom. The van der Waals surface area contributed by atoms with E-state index >= 15 is 0 Å². The van der Waals surface area contributed by atoms with Gasteiger partial charge in [-0.05, 0) is 36.6 Å². The van der Waals surface area contributed by atoms with Crippen LogP contribution in [0.15, 0.2) is 27.8 Å². The molecule has 8 nitrogen and oxygen atoms in total. The second-order valence-corrected chi connectivity index (χ2v) is 7.07. The number of unbranched alkanes of at least 4 members (excludes halogenated alkanes) is 1. The van der Waals surface area contributed by atoms with Crippen LogP contribution in [0.25, 0.3) is 10.9 Å². The van der Waals surface area contributed by atoms with Gasteiger partial charge in [0.15, 0.2) is 0 Å². The summed E-state index contributed by atoms with van der Waals surface area (Å²) in [5.41, 5.74) is 1.86. The van der Waals surface area contributed by atoms with Gasteiger partial charge in [-0.25, -0.2) is 4.79 Å². The number of hydrogen-bond acceptors (Lipinski definition) is 5. The van der Waals surface area contributed by atoms with E-state index in [4.69, 9.17) is 4.74 Å². The van der Waals surface area contributed by atoms with Crippen LogP contribution in [0, 0.1) is 0 Å². The maximum absolute atomic E-state index is 12.6. The highest BCUT2D eigenvalue weighted by molar-refractivity contribution is 5.86. The van der Waals surface area contributed by atoms with Crippen molar-refractivity contribution >= 4 is 10.9 Å². The first-order valence-electron chi connectivity index (χ1n) is 9.53. The van der Waals surface area contributed by atoms with Crippen LogP contribution in [0.1, 0.15) is 42.6 Å². The molecule has 0 bridgehead atoms. The van der Waals surface area contributed by atoms with E-state index in [1.165, 1.54) is 4.57 Å². The number of ether oxygens (including phenoxy) is 1. The Kier molecular flexibility index (Phi) is 4.72. The molecule has 1 aromatic carbocycles. The zero-order valence-electron chi connectivity index (χ0n) is 16.0. The number of H-pyrrole nitrogens is 2. The highest BCUT2D eigenvalue weighted by atomic mass is 16.5. The predicted octanol–water partition coefficient (Wildman–Crippen LogP) is 1.77. The third-order valence-corrected chi connectivity index (χ3v) is 5.39. The molecule has 3 heterocycles. The Hall–Kier alpha value is -3.00. The summed E-state index contributed by atoms with van der Waals surface area (Å²) in [6.07, 6.45) is 2.39. The first kappa shape index (κ1) is 18.4. The summed E-state index contributed by atoms with van der Waals surface area (Å²) in [7, 11) is 1.63. The molecule has 0 saturated carbocycles. The standard InChI is InChI=1S/C20H24N4O4/c1-3-4-9-24-19(26)15(18(25)23-20(24)27)17-16-12(7-8-21-17)13-10-11(28-2)5-6-14(13)22-16/h5-6,10,17,21-22,26H,3-4,7-9H2,1-2H3,(H,23,25,27)/t17-/m1/s1. The highest BCUT2D eigenvalue weighted by Gasteiger charge is 2.31. The number of nitrogens with zero attached hydrogens (tertiary/aromatic N) is 1. The van der Waals surface area contributed by atoms with E-state index in [1.54, 1.807) is 7.11 Å². The molecule has 0 unspecified atom stereocenters. The number of aromatic hydroxyl groups is 1. The van der Waals surface area contributed by atoms with E-state index in [2.05, 4.69) is 15.3 Å². The first-order chi connectivity index (χ1) is 13.5. The number of aromatic nitrogens is 3. The molecule has 4 N–H and O–H groups in total. The molecule has 28 heavy (non-hydrogen) atoms. The summed E-state index contributed by atoms with van der Waals surface area (Å²) in [5, 5.41) is 15.1. The second-order valence-electron chi connectivity index (χ2n) is 7.07. The average molecular weight is 384 g/mol. The van der Waals surface area contributed by atoms with Crippen molar-refractivity contribution in [2.45, 2.75) is 38.8 Å². The first-order valence-corrected chi connectivity index (χ1v) is 9.53. The molecule has 8 heteroatoms. The van der Waals surface area contributed by atoms with Crippen molar-refractivity contribution in [1.29, 1.82) is 0 Å². The number of nitrogens with one attached hydrogen (secondary N) is 3. The maximum Gasteiger partial charge on any atom is 0.331 e. The van der Waals surface area contributed by atoms with Gasteiger partial charge < -0.3 is 20.1 Å². The van der Waals surface area contributed by atoms with Crippen LogP contribution in [0.2, 0.25) is 0 Å². The number of rotatable bonds is 5. The number of methoxy groups -OCH3 is 1. The lowest BCUT2D eigenvalue weighted by molar-refractivity contribution is 0.378. The van der Waals surface area contributed by atoms with E-state index in [0.29, 0.717) is 13.1 Å². The normalized spacial score (nSPS) is 16.3. The van der Waals surface area contributed by atoms with Crippen molar-refractivity contribution < 1.29 is 9.84 Å². The van der Waals surface area contributed by atoms with Crippen molar-refractivity contribution in [3.63, 3.8) is 0 Å². The van der Waals surface area contributed by atoms with Crippen LogP contribution < -0.4 is 21.3 Å². The van der Waals surface area contributed by atoms with Crippen molar-refractivity contribution in [2.75, 3.05) is 13.7 Å². The molecule has 1 aliphatic rings. The Balaban J connectivity index is 1.89. The van der Waals surface area contributed by atoms with Gasteiger partial charge in [0, 0.05) is 29.7 Å². The van der Waals surface area contributed by atoms with Gasteiger partial charge in [0.2, 0.25) is 5.88 Å². The molecular formula is C20H24N4O4. The molecule has 0 radical (unpaired) electrons. The Labute approximate surface area is 161 Å². The zero-order chi connectivity index (χ0) is 19.8. The molecule has 0 fully saturated rings. The molecule has 4 rings (SSSR count). The minimum Gasteiger partial charge on any atom is -0.497 e. The van der Waals surface area contributed by atoms with E-state index < -0.39 is 17.3 Å². The quantitative estimate of drug-likeness (QED) is 0.536. The van der Waals surface area contributed by atoms with Crippen molar-refractivity contribution in [2.24, 2.45) is 0 Å². The molecule has 2 aromatic heterocycles. The second kappa shape index (κ2) is 7.20. The van der Waals surface area contributed by atoms with Crippen molar-refractivity contribution in [3.8, 4) is 11.6 Å². The minimum atomic E-state index is -0.586. The monoisotopic (exact) mass is 384 g/mol. The summed E-state index contributed by atoms with van der Waals surface area (Å²) in [5.74, 6) is 0.488. The van der Waals surface area contributed by atoms with Crippen LogP contribution in [-0.4, -0.2) is 33.3 Å². The Morgan fingerprint density at radius 1 is 1.29 bits per heavy atom.